The molecule has 1 radical (unpaired) electrons. The Morgan fingerprint density at radius 2 is 1.00 bits per heavy atom. The van der Waals surface area contributed by atoms with Gasteiger partial charge in [0, 0.05) is 0 Å². The molecule has 0 unspecified atom stereocenters. The van der Waals surface area contributed by atoms with Crippen LogP contribution in [-0.4, -0.2) is 14.7 Å². The van der Waals surface area contributed by atoms with E-state index in [1.165, 1.54) is 69.1 Å². The number of hydrogen-bond donors (Lipinski definition) is 0. The van der Waals surface area contributed by atoms with Gasteiger partial charge in [-0.2, -0.15) is 0 Å². The number of unbranched alkanes of at least 4 members (excludes halogenated alkanes) is 4. The van der Waals surface area contributed by atoms with E-state index in [1.807, 2.05) is 0 Å². The molecule has 0 saturated carbocycles. The lowest BCUT2D eigenvalue weighted by atomic mass is 10.3. The zero-order valence-electron chi connectivity index (χ0n) is 13.1. The van der Waals surface area contributed by atoms with Gasteiger partial charge < -0.3 is 0 Å². The molecule has 0 atom stereocenters. The molecule has 1 nitrogen and oxygen atoms in total. The van der Waals surface area contributed by atoms with E-state index in [-0.39, 0.29) is 6.61 Å². The summed E-state index contributed by atoms with van der Waals surface area (Å²) in [5.41, 5.74) is 0. The molecule has 0 aliphatic carbocycles. The van der Waals surface area contributed by atoms with E-state index in [9.17, 15) is 5.11 Å². The van der Waals surface area contributed by atoms with E-state index in [2.05, 4.69) is 20.8 Å². The molecule has 0 aliphatic rings. The molecule has 0 saturated heterocycles. The second-order valence-corrected chi connectivity index (χ2v) is 11.0. The summed E-state index contributed by atoms with van der Waals surface area (Å²) in [7, 11) is -1.03. The zero-order chi connectivity index (χ0) is 13.7. The fraction of sp³-hybridized carbons (Fsp3) is 1.00. The van der Waals surface area contributed by atoms with E-state index in [0.717, 1.165) is 6.42 Å². The van der Waals surface area contributed by atoms with Gasteiger partial charge in [-0.25, -0.2) is 5.11 Å². The SMILES string of the molecule is CCCC[Si](CCCC)(CCCC)CCCC[O]. The smallest absolute Gasteiger partial charge is 0.0822 e. The van der Waals surface area contributed by atoms with Gasteiger partial charge in [-0.1, -0.05) is 89.9 Å². The van der Waals surface area contributed by atoms with Crippen LogP contribution in [0, 0.1) is 0 Å². The predicted molar refractivity (Wildman–Crippen MR) is 84.5 cm³/mol. The van der Waals surface area contributed by atoms with E-state index in [1.54, 1.807) is 0 Å². The number of rotatable bonds is 13. The second kappa shape index (κ2) is 12.2. The molecule has 0 aliphatic heterocycles. The third kappa shape index (κ3) is 8.31. The summed E-state index contributed by atoms with van der Waals surface area (Å²) in [4.78, 5) is 0. The van der Waals surface area contributed by atoms with Gasteiger partial charge in [-0.05, 0) is 6.42 Å². The van der Waals surface area contributed by atoms with Crippen LogP contribution in [0.15, 0.2) is 0 Å². The Morgan fingerprint density at radius 1 is 0.611 bits per heavy atom. The summed E-state index contributed by atoms with van der Waals surface area (Å²) in [5, 5.41) is 10.7. The quantitative estimate of drug-likeness (QED) is 0.287. The van der Waals surface area contributed by atoms with Crippen LogP contribution >= 0.6 is 0 Å². The molecule has 0 rings (SSSR count). The molecule has 0 fully saturated rings. The van der Waals surface area contributed by atoms with Crippen molar-refractivity contribution in [3.8, 4) is 0 Å². The van der Waals surface area contributed by atoms with Crippen LogP contribution in [0.25, 0.3) is 0 Å². The molecule has 0 aromatic rings. The first-order valence-corrected chi connectivity index (χ1v) is 11.2. The first-order chi connectivity index (χ1) is 8.74. The largest absolute Gasteiger partial charge is 0.237 e. The van der Waals surface area contributed by atoms with E-state index < -0.39 is 8.07 Å². The van der Waals surface area contributed by atoms with Crippen molar-refractivity contribution in [3.63, 3.8) is 0 Å². The molecule has 0 bridgehead atoms. The van der Waals surface area contributed by atoms with Crippen LogP contribution in [0.2, 0.25) is 24.2 Å². The van der Waals surface area contributed by atoms with Crippen molar-refractivity contribution < 1.29 is 5.11 Å². The molecular weight excluding hydrogens is 236 g/mol. The van der Waals surface area contributed by atoms with Crippen LogP contribution in [0.3, 0.4) is 0 Å². The van der Waals surface area contributed by atoms with Gasteiger partial charge in [0.25, 0.3) is 0 Å². The summed E-state index contributed by atoms with van der Waals surface area (Å²) < 4.78 is 0. The highest BCUT2D eigenvalue weighted by molar-refractivity contribution is 6.79. The lowest BCUT2D eigenvalue weighted by Gasteiger charge is -2.32. The van der Waals surface area contributed by atoms with Crippen molar-refractivity contribution >= 4 is 8.07 Å². The van der Waals surface area contributed by atoms with Crippen molar-refractivity contribution in [1.29, 1.82) is 0 Å². The van der Waals surface area contributed by atoms with Crippen molar-refractivity contribution in [1.82, 2.24) is 0 Å². The summed E-state index contributed by atoms with van der Waals surface area (Å²) in [6, 6.07) is 6.03. The summed E-state index contributed by atoms with van der Waals surface area (Å²) in [5.74, 6) is 0. The maximum Gasteiger partial charge on any atom is 0.0822 e. The van der Waals surface area contributed by atoms with Gasteiger partial charge in [0.05, 0.1) is 14.7 Å². The minimum Gasteiger partial charge on any atom is -0.237 e. The molecule has 2 heteroatoms. The predicted octanol–water partition coefficient (Wildman–Crippen LogP) is 6.05. The molecule has 0 aromatic heterocycles. The van der Waals surface area contributed by atoms with Gasteiger partial charge in [-0.3, -0.25) is 0 Å². The first-order valence-electron chi connectivity index (χ1n) is 8.32. The Hall–Kier alpha value is 0.177. The summed E-state index contributed by atoms with van der Waals surface area (Å²) in [6.07, 6.45) is 10.4. The third-order valence-corrected chi connectivity index (χ3v) is 9.94. The van der Waals surface area contributed by atoms with E-state index in [0.29, 0.717) is 0 Å². The van der Waals surface area contributed by atoms with Crippen molar-refractivity contribution in [3.05, 3.63) is 0 Å². The van der Waals surface area contributed by atoms with Crippen LogP contribution in [0.1, 0.15) is 72.1 Å². The Labute approximate surface area is 116 Å². The highest BCUT2D eigenvalue weighted by Crippen LogP contribution is 2.33. The maximum atomic E-state index is 10.7. The zero-order valence-corrected chi connectivity index (χ0v) is 14.1. The van der Waals surface area contributed by atoms with Gasteiger partial charge >= 0.3 is 0 Å². The van der Waals surface area contributed by atoms with Crippen molar-refractivity contribution in [2.75, 3.05) is 6.61 Å². The maximum absolute atomic E-state index is 10.7. The van der Waals surface area contributed by atoms with E-state index >= 15 is 0 Å². The fourth-order valence-electron chi connectivity index (χ4n) is 3.01. The Morgan fingerprint density at radius 3 is 1.33 bits per heavy atom. The monoisotopic (exact) mass is 271 g/mol. The summed E-state index contributed by atoms with van der Waals surface area (Å²) in [6.45, 7) is 7.09. The summed E-state index contributed by atoms with van der Waals surface area (Å²) >= 11 is 0. The minimum atomic E-state index is -1.03. The Bertz CT molecular complexity index is 149. The standard InChI is InChI=1S/C16H35OSi/c1-4-7-13-18(14-8-5-2,15-9-6-3)16-11-10-12-17/h4-16H2,1-3H3. The molecular formula is C16H35OSi. The molecule has 18 heavy (non-hydrogen) atoms. The molecule has 0 amide bonds. The van der Waals surface area contributed by atoms with Gasteiger partial charge in [0.15, 0.2) is 0 Å². The van der Waals surface area contributed by atoms with Crippen LogP contribution in [0.5, 0.6) is 0 Å². The average Bonchev–Trinajstić information content (AvgIpc) is 2.40. The van der Waals surface area contributed by atoms with Crippen molar-refractivity contribution in [2.45, 2.75) is 96.3 Å². The molecule has 0 heterocycles. The first kappa shape index (κ1) is 18.2. The third-order valence-electron chi connectivity index (χ3n) is 4.28. The van der Waals surface area contributed by atoms with Gasteiger partial charge in [0.1, 0.15) is 0 Å². The Kier molecular flexibility index (Phi) is 12.3. The molecule has 0 N–H and O–H groups in total. The average molecular weight is 272 g/mol. The van der Waals surface area contributed by atoms with Crippen LogP contribution in [0.4, 0.5) is 0 Å². The van der Waals surface area contributed by atoms with Crippen LogP contribution < -0.4 is 0 Å². The highest BCUT2D eigenvalue weighted by Gasteiger charge is 2.29. The molecule has 109 valence electrons. The van der Waals surface area contributed by atoms with Crippen molar-refractivity contribution in [2.24, 2.45) is 0 Å². The minimum absolute atomic E-state index is 0.139. The molecule has 0 spiro atoms. The fourth-order valence-corrected chi connectivity index (χ4v) is 8.82. The molecule has 0 aromatic carbocycles. The van der Waals surface area contributed by atoms with Crippen LogP contribution in [-0.2, 0) is 5.11 Å². The highest BCUT2D eigenvalue weighted by atomic mass is 28.3. The van der Waals surface area contributed by atoms with Gasteiger partial charge in [0.2, 0.25) is 0 Å². The normalized spacial score (nSPS) is 12.0. The number of hydrogen-bond acceptors (Lipinski definition) is 0. The topological polar surface area (TPSA) is 19.9 Å². The second-order valence-electron chi connectivity index (χ2n) is 5.97. The lowest BCUT2D eigenvalue weighted by molar-refractivity contribution is 0.188. The van der Waals surface area contributed by atoms with E-state index in [4.69, 9.17) is 0 Å². The Balaban J connectivity index is 4.41. The van der Waals surface area contributed by atoms with Gasteiger partial charge in [-0.15, -0.1) is 0 Å². The lowest BCUT2D eigenvalue weighted by Crippen LogP contribution is -2.33.